The first-order valence-corrected chi connectivity index (χ1v) is 9.84. The van der Waals surface area contributed by atoms with Crippen LogP contribution in [-0.4, -0.2) is 50.6 Å². The van der Waals surface area contributed by atoms with Gasteiger partial charge in [0.1, 0.15) is 17.0 Å². The zero-order valence-electron chi connectivity index (χ0n) is 18.3. The number of imide groups is 1. The molecule has 0 radical (unpaired) electrons. The van der Waals surface area contributed by atoms with Gasteiger partial charge < -0.3 is 26.3 Å². The Morgan fingerprint density at radius 1 is 1.18 bits per heavy atom. The van der Waals surface area contributed by atoms with Crippen molar-refractivity contribution >= 4 is 29.6 Å². The molecule has 2 rings (SSSR count). The first-order valence-electron chi connectivity index (χ1n) is 9.84. The number of hydrogen-bond acceptors (Lipinski definition) is 8. The zero-order valence-corrected chi connectivity index (χ0v) is 18.3. The number of aromatic carboxylic acids is 1. The summed E-state index contributed by atoms with van der Waals surface area (Å²) in [5, 5.41) is 8.95. The zero-order chi connectivity index (χ0) is 24.9. The summed E-state index contributed by atoms with van der Waals surface area (Å²) in [4.78, 5) is 66.6. The summed E-state index contributed by atoms with van der Waals surface area (Å²) < 4.78 is 5.32. The van der Waals surface area contributed by atoms with Crippen LogP contribution in [0.25, 0.3) is 11.4 Å². The second-order valence-electron chi connectivity index (χ2n) is 8.09. The van der Waals surface area contributed by atoms with Gasteiger partial charge in [-0.2, -0.15) is 0 Å². The number of nitrogens with two attached hydrogens (primary N) is 2. The molecule has 1 heterocycles. The van der Waals surface area contributed by atoms with E-state index >= 15 is 0 Å². The summed E-state index contributed by atoms with van der Waals surface area (Å²) in [6, 6.07) is 4.55. The molecule has 12 heteroatoms. The molecule has 0 bridgehead atoms. The van der Waals surface area contributed by atoms with E-state index in [1.165, 1.54) is 24.3 Å². The number of nitrogens with one attached hydrogen (secondary N) is 1. The molecule has 6 N–H and O–H groups in total. The molecule has 1 aromatic carbocycles. The van der Waals surface area contributed by atoms with Gasteiger partial charge in [0, 0.05) is 18.2 Å². The topological polar surface area (TPSA) is 199 Å². The van der Waals surface area contributed by atoms with Crippen LogP contribution in [0.1, 0.15) is 44.0 Å². The van der Waals surface area contributed by atoms with Gasteiger partial charge in [0.05, 0.1) is 11.7 Å². The van der Waals surface area contributed by atoms with Crippen LogP contribution in [-0.2, 0) is 14.3 Å². The van der Waals surface area contributed by atoms with E-state index < -0.39 is 46.6 Å². The number of carboxylic acids is 1. The number of benzene rings is 1. The number of carbonyl (C=O) groups excluding carboxylic acids is 3. The minimum atomic E-state index is -1.41. The SMILES string of the molecule is CC(C)(C)OC(=O)N(C(=O)[C@@H](N)CCC(N)=O)c1ccc(-c2ncc(C(=O)O)c(=O)[nH]2)cc1. The van der Waals surface area contributed by atoms with E-state index in [2.05, 4.69) is 9.97 Å². The predicted octanol–water partition coefficient (Wildman–Crippen LogP) is 0.996. The Bertz CT molecular complexity index is 1120. The molecule has 1 aromatic heterocycles. The molecular weight excluding hydrogens is 434 g/mol. The molecular formula is C21H25N5O7. The fourth-order valence-corrected chi connectivity index (χ4v) is 2.68. The van der Waals surface area contributed by atoms with Crippen molar-refractivity contribution in [3.8, 4) is 11.4 Å². The van der Waals surface area contributed by atoms with E-state index in [0.717, 1.165) is 11.1 Å². The lowest BCUT2D eigenvalue weighted by Crippen LogP contribution is -2.49. The summed E-state index contributed by atoms with van der Waals surface area (Å²) in [5.74, 6) is -2.76. The van der Waals surface area contributed by atoms with Crippen LogP contribution < -0.4 is 21.9 Å². The first kappa shape index (κ1) is 25.2. The van der Waals surface area contributed by atoms with Gasteiger partial charge in [-0.1, -0.05) is 0 Å². The third kappa shape index (κ3) is 6.71. The van der Waals surface area contributed by atoms with Gasteiger partial charge >= 0.3 is 12.1 Å². The molecule has 0 saturated carbocycles. The number of rotatable bonds is 7. The lowest BCUT2D eigenvalue weighted by Gasteiger charge is -2.28. The fourth-order valence-electron chi connectivity index (χ4n) is 2.68. The molecule has 0 spiro atoms. The molecule has 1 atom stereocenters. The number of aromatic nitrogens is 2. The normalized spacial score (nSPS) is 12.0. The second-order valence-corrected chi connectivity index (χ2v) is 8.09. The van der Waals surface area contributed by atoms with Crippen molar-refractivity contribution in [3.63, 3.8) is 0 Å². The summed E-state index contributed by atoms with van der Waals surface area (Å²) in [7, 11) is 0. The van der Waals surface area contributed by atoms with Crippen LogP contribution >= 0.6 is 0 Å². The Hall–Kier alpha value is -4.06. The highest BCUT2D eigenvalue weighted by atomic mass is 16.6. The van der Waals surface area contributed by atoms with Crippen molar-refractivity contribution in [1.29, 1.82) is 0 Å². The van der Waals surface area contributed by atoms with Gasteiger partial charge in [0.25, 0.3) is 11.5 Å². The van der Waals surface area contributed by atoms with E-state index in [1.807, 2.05) is 0 Å². The number of H-pyrrole nitrogens is 1. The van der Waals surface area contributed by atoms with Crippen molar-refractivity contribution in [1.82, 2.24) is 9.97 Å². The minimum Gasteiger partial charge on any atom is -0.477 e. The summed E-state index contributed by atoms with van der Waals surface area (Å²) >= 11 is 0. The molecule has 0 aliphatic rings. The highest BCUT2D eigenvalue weighted by Gasteiger charge is 2.32. The molecule has 0 unspecified atom stereocenters. The first-order chi connectivity index (χ1) is 15.3. The van der Waals surface area contributed by atoms with Crippen molar-refractivity contribution in [3.05, 3.63) is 46.4 Å². The van der Waals surface area contributed by atoms with Crippen LogP contribution in [0.3, 0.4) is 0 Å². The second kappa shape index (κ2) is 10.0. The van der Waals surface area contributed by atoms with Crippen molar-refractivity contribution in [2.24, 2.45) is 11.5 Å². The highest BCUT2D eigenvalue weighted by molar-refractivity contribution is 6.14. The van der Waals surface area contributed by atoms with E-state index in [9.17, 15) is 24.0 Å². The fraction of sp³-hybridized carbons (Fsp3) is 0.333. The van der Waals surface area contributed by atoms with Crippen LogP contribution in [0.15, 0.2) is 35.3 Å². The smallest absolute Gasteiger partial charge is 0.421 e. The van der Waals surface area contributed by atoms with E-state index in [-0.39, 0.29) is 24.4 Å². The summed E-state index contributed by atoms with van der Waals surface area (Å²) in [6.45, 7) is 4.89. The van der Waals surface area contributed by atoms with E-state index in [1.54, 1.807) is 20.8 Å². The average molecular weight is 459 g/mol. The average Bonchev–Trinajstić information content (AvgIpc) is 2.70. The maximum atomic E-state index is 12.9. The van der Waals surface area contributed by atoms with Gasteiger partial charge in [-0.3, -0.25) is 14.4 Å². The highest BCUT2D eigenvalue weighted by Crippen LogP contribution is 2.23. The standard InChI is InChI=1S/C21H25N5O7/c1-21(2,3)33-20(32)26(18(29)14(22)8-9-15(23)27)12-6-4-11(5-7-12)16-24-10-13(19(30)31)17(28)25-16/h4-7,10,14H,8-9,22H2,1-3H3,(H2,23,27)(H,30,31)(H,24,25,28)/t14-/m0/s1. The Morgan fingerprint density at radius 3 is 2.27 bits per heavy atom. The van der Waals surface area contributed by atoms with Gasteiger partial charge in [-0.05, 0) is 51.5 Å². The summed E-state index contributed by atoms with van der Waals surface area (Å²) in [6.07, 6.45) is -0.239. The molecule has 0 saturated heterocycles. The Kier molecular flexibility index (Phi) is 7.67. The third-order valence-electron chi connectivity index (χ3n) is 4.24. The number of hydrogen-bond donors (Lipinski definition) is 4. The van der Waals surface area contributed by atoms with Crippen molar-refractivity contribution in [2.45, 2.75) is 45.3 Å². The third-order valence-corrected chi connectivity index (χ3v) is 4.24. The molecule has 0 aliphatic carbocycles. The number of primary amides is 1. The van der Waals surface area contributed by atoms with Gasteiger partial charge in [0.2, 0.25) is 5.91 Å². The quantitative estimate of drug-likeness (QED) is 0.466. The number of aromatic amines is 1. The van der Waals surface area contributed by atoms with E-state index in [0.29, 0.717) is 5.56 Å². The largest absolute Gasteiger partial charge is 0.477 e. The Balaban J connectivity index is 2.38. The lowest BCUT2D eigenvalue weighted by molar-refractivity contribution is -0.120. The monoisotopic (exact) mass is 459 g/mol. The molecule has 0 aliphatic heterocycles. The number of nitrogens with zero attached hydrogens (tertiary/aromatic N) is 2. The lowest BCUT2D eigenvalue weighted by atomic mass is 10.1. The van der Waals surface area contributed by atoms with Crippen LogP contribution in [0.4, 0.5) is 10.5 Å². The minimum absolute atomic E-state index is 0.0629. The number of carbonyl (C=O) groups is 4. The van der Waals surface area contributed by atoms with Gasteiger partial charge in [-0.15, -0.1) is 0 Å². The number of carboxylic acid groups (broad SMARTS) is 1. The molecule has 2 aromatic rings. The van der Waals surface area contributed by atoms with E-state index in [4.69, 9.17) is 21.3 Å². The molecule has 0 fully saturated rings. The van der Waals surface area contributed by atoms with Crippen LogP contribution in [0, 0.1) is 0 Å². The maximum absolute atomic E-state index is 12.9. The van der Waals surface area contributed by atoms with Crippen LogP contribution in [0.5, 0.6) is 0 Å². The van der Waals surface area contributed by atoms with Gasteiger partial charge in [0.15, 0.2) is 0 Å². The molecule has 3 amide bonds. The Morgan fingerprint density at radius 2 is 1.79 bits per heavy atom. The molecule has 12 nitrogen and oxygen atoms in total. The van der Waals surface area contributed by atoms with Crippen molar-refractivity contribution < 1.29 is 29.0 Å². The molecule has 176 valence electrons. The van der Waals surface area contributed by atoms with Gasteiger partial charge in [-0.25, -0.2) is 19.5 Å². The number of ether oxygens (including phenoxy) is 1. The Labute approximate surface area is 188 Å². The maximum Gasteiger partial charge on any atom is 0.421 e. The predicted molar refractivity (Wildman–Crippen MR) is 117 cm³/mol. The number of anilines is 1. The molecule has 33 heavy (non-hydrogen) atoms. The van der Waals surface area contributed by atoms with Crippen LogP contribution in [0.2, 0.25) is 0 Å². The number of amides is 3. The van der Waals surface area contributed by atoms with Crippen molar-refractivity contribution in [2.75, 3.05) is 4.90 Å². The summed E-state index contributed by atoms with van der Waals surface area (Å²) in [5.41, 5.74) is 9.25.